The summed E-state index contributed by atoms with van der Waals surface area (Å²) in [6, 6.07) is 13.4. The summed E-state index contributed by atoms with van der Waals surface area (Å²) in [7, 11) is 0. The molecule has 0 fully saturated rings. The van der Waals surface area contributed by atoms with Gasteiger partial charge in [-0.05, 0) is 48.4 Å². The lowest BCUT2D eigenvalue weighted by molar-refractivity contribution is -0.201. The molecule has 0 amide bonds. The fourth-order valence-corrected chi connectivity index (χ4v) is 4.03. The normalized spacial score (nSPS) is 12.2. The first-order chi connectivity index (χ1) is 18.6. The number of nitrogens with one attached hydrogen (secondary N) is 2. The topological polar surface area (TPSA) is 93.3 Å². The monoisotopic (exact) mass is 547 g/mol. The van der Waals surface area contributed by atoms with Gasteiger partial charge < -0.3 is 19.8 Å². The van der Waals surface area contributed by atoms with Crippen molar-refractivity contribution in [3.05, 3.63) is 89.8 Å². The zero-order chi connectivity index (χ0) is 28.0. The van der Waals surface area contributed by atoms with Gasteiger partial charge in [-0.15, -0.1) is 0 Å². The van der Waals surface area contributed by atoms with Gasteiger partial charge in [0.25, 0.3) is 0 Å². The van der Waals surface area contributed by atoms with E-state index in [-0.39, 0.29) is 5.56 Å². The van der Waals surface area contributed by atoms with Crippen LogP contribution in [0.5, 0.6) is 5.75 Å². The number of H-pyrrole nitrogens is 1. The highest BCUT2D eigenvalue weighted by Gasteiger charge is 2.43. The van der Waals surface area contributed by atoms with E-state index in [0.29, 0.717) is 36.2 Å². The summed E-state index contributed by atoms with van der Waals surface area (Å²) in [4.78, 5) is 30.4. The maximum atomic E-state index is 14.7. The van der Waals surface area contributed by atoms with Crippen LogP contribution in [-0.2, 0) is 14.3 Å². The summed E-state index contributed by atoms with van der Waals surface area (Å²) >= 11 is 0. The smallest absolute Gasteiger partial charge is 0.491 e. The van der Waals surface area contributed by atoms with Crippen LogP contribution in [-0.4, -0.2) is 41.2 Å². The van der Waals surface area contributed by atoms with Crippen molar-refractivity contribution in [2.45, 2.75) is 24.9 Å². The standard InChI is InChI=1S/C27H22F5N3O4/c28-20-5-3-6-21(29)25(20)18(14-24(36)39-26(37)27(30,31)32)19-15-35-22-13-16(8-9-17(19)22)38-12-4-11-34-23-7-1-2-10-33-23/h1-3,5-10,13,15,18,35H,4,11-12,14H2,(H,33,34). The summed E-state index contributed by atoms with van der Waals surface area (Å²) in [5, 5.41) is 3.60. The third-order valence-corrected chi connectivity index (χ3v) is 5.78. The van der Waals surface area contributed by atoms with Gasteiger partial charge in [-0.25, -0.2) is 18.6 Å². The molecule has 2 aromatic carbocycles. The first-order valence-electron chi connectivity index (χ1n) is 11.8. The van der Waals surface area contributed by atoms with E-state index < -0.39 is 47.7 Å². The lowest BCUT2D eigenvalue weighted by Crippen LogP contribution is -2.28. The number of pyridine rings is 1. The number of fused-ring (bicyclic) bond motifs is 1. The fraction of sp³-hybridized carbons (Fsp3) is 0.222. The number of esters is 2. The van der Waals surface area contributed by atoms with E-state index >= 15 is 0 Å². The summed E-state index contributed by atoms with van der Waals surface area (Å²) < 4.78 is 76.7. The number of halogens is 5. The third-order valence-electron chi connectivity index (χ3n) is 5.78. The van der Waals surface area contributed by atoms with E-state index in [4.69, 9.17) is 4.74 Å². The molecule has 0 radical (unpaired) electrons. The second-order valence-corrected chi connectivity index (χ2v) is 8.45. The number of carbonyl (C=O) groups is 2. The summed E-state index contributed by atoms with van der Waals surface area (Å²) in [6.45, 7) is 0.996. The van der Waals surface area contributed by atoms with E-state index in [1.807, 2.05) is 18.2 Å². The molecule has 2 heterocycles. The molecule has 0 aliphatic rings. The Morgan fingerprint density at radius 3 is 2.49 bits per heavy atom. The van der Waals surface area contributed by atoms with Crippen molar-refractivity contribution in [1.29, 1.82) is 0 Å². The number of nitrogens with zero attached hydrogens (tertiary/aromatic N) is 1. The Morgan fingerprint density at radius 1 is 1.03 bits per heavy atom. The first-order valence-corrected chi connectivity index (χ1v) is 11.8. The van der Waals surface area contributed by atoms with Crippen molar-refractivity contribution in [2.75, 3.05) is 18.5 Å². The average Bonchev–Trinajstić information content (AvgIpc) is 3.31. The van der Waals surface area contributed by atoms with Crippen molar-refractivity contribution in [2.24, 2.45) is 0 Å². The molecule has 4 rings (SSSR count). The van der Waals surface area contributed by atoms with Gasteiger partial charge in [0.05, 0.1) is 13.0 Å². The molecule has 2 N–H and O–H groups in total. The molecule has 0 aliphatic heterocycles. The Balaban J connectivity index is 1.51. The van der Waals surface area contributed by atoms with Crippen LogP contribution in [0.2, 0.25) is 0 Å². The SMILES string of the molecule is O=C(CC(c1c(F)cccc1F)c1c[nH]c2cc(OCCCNc3ccccn3)ccc12)OC(=O)C(F)(F)F. The molecule has 204 valence electrons. The molecule has 39 heavy (non-hydrogen) atoms. The molecule has 0 saturated heterocycles. The number of benzene rings is 2. The molecule has 4 aromatic rings. The van der Waals surface area contributed by atoms with Crippen LogP contribution in [0.3, 0.4) is 0 Å². The van der Waals surface area contributed by atoms with Crippen molar-refractivity contribution in [3.8, 4) is 5.75 Å². The number of carbonyl (C=O) groups excluding carboxylic acids is 2. The molecule has 12 heteroatoms. The third kappa shape index (κ3) is 6.89. The number of hydrogen-bond donors (Lipinski definition) is 2. The van der Waals surface area contributed by atoms with Crippen LogP contribution in [0.4, 0.5) is 27.8 Å². The van der Waals surface area contributed by atoms with Crippen LogP contribution in [0.15, 0.2) is 67.0 Å². The van der Waals surface area contributed by atoms with Gasteiger partial charge in [-0.1, -0.05) is 12.1 Å². The van der Waals surface area contributed by atoms with Crippen LogP contribution in [0.25, 0.3) is 10.9 Å². The minimum absolute atomic E-state index is 0.219. The molecular formula is C27H22F5N3O4. The van der Waals surface area contributed by atoms with Crippen molar-refractivity contribution in [3.63, 3.8) is 0 Å². The predicted octanol–water partition coefficient (Wildman–Crippen LogP) is 5.88. The van der Waals surface area contributed by atoms with Gasteiger partial charge in [0, 0.05) is 47.4 Å². The summed E-state index contributed by atoms with van der Waals surface area (Å²) in [5.74, 6) is -6.47. The molecule has 0 bridgehead atoms. The van der Waals surface area contributed by atoms with Crippen LogP contribution < -0.4 is 10.1 Å². The molecule has 0 saturated carbocycles. The number of anilines is 1. The number of aromatic nitrogens is 2. The summed E-state index contributed by atoms with van der Waals surface area (Å²) in [5.41, 5.74) is 0.169. The second kappa shape index (κ2) is 11.9. The zero-order valence-corrected chi connectivity index (χ0v) is 20.2. The molecule has 1 atom stereocenters. The zero-order valence-electron chi connectivity index (χ0n) is 20.2. The molecule has 7 nitrogen and oxygen atoms in total. The molecular weight excluding hydrogens is 525 g/mol. The van der Waals surface area contributed by atoms with Gasteiger partial charge in [-0.3, -0.25) is 4.79 Å². The van der Waals surface area contributed by atoms with Gasteiger partial charge in [-0.2, -0.15) is 13.2 Å². The Kier molecular flexibility index (Phi) is 8.43. The number of alkyl halides is 3. The highest BCUT2D eigenvalue weighted by molar-refractivity contribution is 5.90. The Labute approximate surface area is 219 Å². The maximum Gasteiger partial charge on any atom is 0.491 e. The largest absolute Gasteiger partial charge is 0.493 e. The number of rotatable bonds is 10. The fourth-order valence-electron chi connectivity index (χ4n) is 4.03. The minimum atomic E-state index is -5.40. The van der Waals surface area contributed by atoms with E-state index in [1.165, 1.54) is 6.20 Å². The second-order valence-electron chi connectivity index (χ2n) is 8.45. The van der Waals surface area contributed by atoms with E-state index in [0.717, 1.165) is 24.0 Å². The van der Waals surface area contributed by atoms with E-state index in [1.54, 1.807) is 24.4 Å². The van der Waals surface area contributed by atoms with Gasteiger partial charge in [0.15, 0.2) is 0 Å². The van der Waals surface area contributed by atoms with Crippen LogP contribution >= 0.6 is 0 Å². The Hall–Kier alpha value is -4.48. The quantitative estimate of drug-likeness (QED) is 0.112. The first kappa shape index (κ1) is 27.6. The number of aromatic amines is 1. The predicted molar refractivity (Wildman–Crippen MR) is 131 cm³/mol. The van der Waals surface area contributed by atoms with Gasteiger partial charge in [0.1, 0.15) is 23.2 Å². The molecule has 1 unspecified atom stereocenters. The van der Waals surface area contributed by atoms with Gasteiger partial charge in [0.2, 0.25) is 0 Å². The molecule has 0 spiro atoms. The number of ether oxygens (including phenoxy) is 2. The summed E-state index contributed by atoms with van der Waals surface area (Å²) in [6.07, 6.45) is -2.60. The molecule has 0 aliphatic carbocycles. The lowest BCUT2D eigenvalue weighted by Gasteiger charge is -2.18. The lowest BCUT2D eigenvalue weighted by atomic mass is 9.87. The van der Waals surface area contributed by atoms with Crippen LogP contribution in [0, 0.1) is 11.6 Å². The molecule has 2 aromatic heterocycles. The van der Waals surface area contributed by atoms with Crippen LogP contribution in [0.1, 0.15) is 29.9 Å². The average molecular weight is 547 g/mol. The number of hydrogen-bond acceptors (Lipinski definition) is 6. The maximum absolute atomic E-state index is 14.7. The van der Waals surface area contributed by atoms with Crippen molar-refractivity contribution < 1.29 is 41.0 Å². The Bertz CT molecular complexity index is 1440. The van der Waals surface area contributed by atoms with Crippen molar-refractivity contribution >= 4 is 28.7 Å². The van der Waals surface area contributed by atoms with E-state index in [9.17, 15) is 31.5 Å². The minimum Gasteiger partial charge on any atom is -0.493 e. The highest BCUT2D eigenvalue weighted by atomic mass is 19.4. The van der Waals surface area contributed by atoms with Crippen molar-refractivity contribution in [1.82, 2.24) is 9.97 Å². The Morgan fingerprint density at radius 2 is 1.79 bits per heavy atom. The van der Waals surface area contributed by atoms with E-state index in [2.05, 4.69) is 20.0 Å². The highest BCUT2D eigenvalue weighted by Crippen LogP contribution is 2.37. The van der Waals surface area contributed by atoms with Gasteiger partial charge >= 0.3 is 18.1 Å².